The molecule has 2 aromatic rings. The lowest BCUT2D eigenvalue weighted by molar-refractivity contribution is 0.327. The zero-order valence-corrected chi connectivity index (χ0v) is 13.6. The number of nitrogens with zero attached hydrogens (tertiary/aromatic N) is 4. The van der Waals surface area contributed by atoms with Crippen molar-refractivity contribution >= 4 is 11.5 Å². The Morgan fingerprint density at radius 2 is 2.19 bits per heavy atom. The molecule has 6 heteroatoms. The van der Waals surface area contributed by atoms with Gasteiger partial charge in [0.15, 0.2) is 0 Å². The largest absolute Gasteiger partial charge is 0.312 e. The lowest BCUT2D eigenvalue weighted by Gasteiger charge is -2.22. The van der Waals surface area contributed by atoms with Crippen molar-refractivity contribution in [2.45, 2.75) is 57.5 Å². The van der Waals surface area contributed by atoms with Crippen molar-refractivity contribution in [2.75, 3.05) is 7.05 Å². The molecule has 1 unspecified atom stereocenters. The fourth-order valence-corrected chi connectivity index (χ4v) is 3.88. The second kappa shape index (κ2) is 6.66. The molecule has 114 valence electrons. The van der Waals surface area contributed by atoms with Gasteiger partial charge in [-0.25, -0.2) is 0 Å². The highest BCUT2D eigenvalue weighted by atomic mass is 32.1. The van der Waals surface area contributed by atoms with Gasteiger partial charge in [-0.05, 0) is 44.4 Å². The second-order valence-electron chi connectivity index (χ2n) is 5.85. The molecule has 1 N–H and O–H groups in total. The summed E-state index contributed by atoms with van der Waals surface area (Å²) in [7, 11) is 1.99. The molecule has 2 aromatic heterocycles. The Morgan fingerprint density at radius 1 is 1.38 bits per heavy atom. The van der Waals surface area contributed by atoms with E-state index in [2.05, 4.69) is 31.8 Å². The Bertz CT molecular complexity index is 570. The maximum atomic E-state index is 4.80. The number of aromatic nitrogens is 4. The summed E-state index contributed by atoms with van der Waals surface area (Å²) in [5.41, 5.74) is 2.17. The molecule has 0 bridgehead atoms. The Labute approximate surface area is 129 Å². The van der Waals surface area contributed by atoms with Gasteiger partial charge in [0.1, 0.15) is 0 Å². The molecule has 0 amide bonds. The van der Waals surface area contributed by atoms with Crippen LogP contribution in [0.4, 0.5) is 0 Å². The van der Waals surface area contributed by atoms with Crippen LogP contribution in [0, 0.1) is 6.92 Å². The maximum absolute atomic E-state index is 4.80. The fraction of sp³-hybridized carbons (Fsp3) is 0.667. The maximum Gasteiger partial charge on any atom is 0.0772 e. The lowest BCUT2D eigenvalue weighted by Crippen LogP contribution is -2.19. The SMILES string of the molecule is CNC(Cc1ccn(C2CCCCC2)n1)c1snnc1C. The number of nitrogens with one attached hydrogen (secondary N) is 1. The highest BCUT2D eigenvalue weighted by molar-refractivity contribution is 7.05. The third kappa shape index (κ3) is 3.32. The molecule has 1 fully saturated rings. The van der Waals surface area contributed by atoms with E-state index in [4.69, 9.17) is 5.10 Å². The zero-order chi connectivity index (χ0) is 14.7. The Morgan fingerprint density at radius 3 is 2.86 bits per heavy atom. The topological polar surface area (TPSA) is 55.6 Å². The molecule has 21 heavy (non-hydrogen) atoms. The highest BCUT2D eigenvalue weighted by Crippen LogP contribution is 2.28. The number of hydrogen-bond acceptors (Lipinski definition) is 5. The fourth-order valence-electron chi connectivity index (χ4n) is 3.13. The number of likely N-dealkylation sites (N-methyl/N-ethyl adjacent to an activating group) is 1. The van der Waals surface area contributed by atoms with Crippen LogP contribution < -0.4 is 5.32 Å². The van der Waals surface area contributed by atoms with Gasteiger partial charge >= 0.3 is 0 Å². The van der Waals surface area contributed by atoms with E-state index in [1.807, 2.05) is 14.0 Å². The third-order valence-corrected chi connectivity index (χ3v) is 5.32. The van der Waals surface area contributed by atoms with Crippen LogP contribution in [0.3, 0.4) is 0 Å². The molecule has 3 rings (SSSR count). The Kier molecular flexibility index (Phi) is 4.65. The van der Waals surface area contributed by atoms with Gasteiger partial charge in [-0.2, -0.15) is 5.10 Å². The quantitative estimate of drug-likeness (QED) is 0.922. The van der Waals surface area contributed by atoms with Gasteiger partial charge in [0.2, 0.25) is 0 Å². The molecule has 2 heterocycles. The molecule has 0 aromatic carbocycles. The van der Waals surface area contributed by atoms with Crippen molar-refractivity contribution in [1.82, 2.24) is 24.7 Å². The van der Waals surface area contributed by atoms with Gasteiger partial charge in [0.05, 0.1) is 28.3 Å². The molecule has 0 saturated heterocycles. The predicted octanol–water partition coefficient (Wildman–Crippen LogP) is 3.05. The summed E-state index contributed by atoms with van der Waals surface area (Å²) >= 11 is 1.48. The van der Waals surface area contributed by atoms with E-state index in [-0.39, 0.29) is 6.04 Å². The van der Waals surface area contributed by atoms with Gasteiger partial charge in [-0.15, -0.1) is 5.10 Å². The minimum absolute atomic E-state index is 0.250. The first-order valence-electron chi connectivity index (χ1n) is 7.78. The number of aryl methyl sites for hydroxylation is 1. The average molecular weight is 305 g/mol. The van der Waals surface area contributed by atoms with Gasteiger partial charge in [-0.1, -0.05) is 23.8 Å². The second-order valence-corrected chi connectivity index (χ2v) is 6.63. The molecular weight excluding hydrogens is 282 g/mol. The summed E-state index contributed by atoms with van der Waals surface area (Å²) in [4.78, 5) is 1.21. The van der Waals surface area contributed by atoms with Crippen molar-refractivity contribution in [1.29, 1.82) is 0 Å². The van der Waals surface area contributed by atoms with Crippen LogP contribution in [0.15, 0.2) is 12.3 Å². The van der Waals surface area contributed by atoms with Crippen molar-refractivity contribution in [3.05, 3.63) is 28.5 Å². The average Bonchev–Trinajstić information content (AvgIpc) is 3.15. The van der Waals surface area contributed by atoms with E-state index in [0.717, 1.165) is 17.8 Å². The van der Waals surface area contributed by atoms with E-state index in [0.29, 0.717) is 6.04 Å². The number of hydrogen-bond donors (Lipinski definition) is 1. The normalized spacial score (nSPS) is 18.0. The van der Waals surface area contributed by atoms with Crippen molar-refractivity contribution in [3.8, 4) is 0 Å². The van der Waals surface area contributed by atoms with Crippen LogP contribution in [0.1, 0.15) is 60.5 Å². The Hall–Kier alpha value is -1.27. The molecule has 0 radical (unpaired) electrons. The summed E-state index contributed by atoms with van der Waals surface area (Å²) in [5.74, 6) is 0. The van der Waals surface area contributed by atoms with Gasteiger partial charge < -0.3 is 5.32 Å². The molecule has 0 spiro atoms. The van der Waals surface area contributed by atoms with E-state index >= 15 is 0 Å². The lowest BCUT2D eigenvalue weighted by atomic mass is 9.96. The van der Waals surface area contributed by atoms with E-state index in [9.17, 15) is 0 Å². The molecule has 1 aliphatic rings. The van der Waals surface area contributed by atoms with Crippen LogP contribution in [0.2, 0.25) is 0 Å². The minimum atomic E-state index is 0.250. The first kappa shape index (κ1) is 14.7. The summed E-state index contributed by atoms with van der Waals surface area (Å²) < 4.78 is 6.22. The predicted molar refractivity (Wildman–Crippen MR) is 84.5 cm³/mol. The summed E-state index contributed by atoms with van der Waals surface area (Å²) in [5, 5.41) is 12.3. The zero-order valence-electron chi connectivity index (χ0n) is 12.7. The Balaban J connectivity index is 1.69. The van der Waals surface area contributed by atoms with Crippen LogP contribution in [0.5, 0.6) is 0 Å². The molecule has 5 nitrogen and oxygen atoms in total. The molecule has 1 aliphatic carbocycles. The molecular formula is C15H23N5S. The van der Waals surface area contributed by atoms with Gasteiger partial charge in [0, 0.05) is 12.6 Å². The summed E-state index contributed by atoms with van der Waals surface area (Å²) in [6.07, 6.45) is 9.64. The van der Waals surface area contributed by atoms with E-state index < -0.39 is 0 Å². The smallest absolute Gasteiger partial charge is 0.0772 e. The molecule has 1 atom stereocenters. The van der Waals surface area contributed by atoms with Crippen molar-refractivity contribution < 1.29 is 0 Å². The highest BCUT2D eigenvalue weighted by Gasteiger charge is 2.19. The third-order valence-electron chi connectivity index (χ3n) is 4.38. The van der Waals surface area contributed by atoms with Gasteiger partial charge in [-0.3, -0.25) is 4.68 Å². The molecule has 0 aliphatic heterocycles. The number of rotatable bonds is 5. The van der Waals surface area contributed by atoms with E-state index in [1.54, 1.807) is 0 Å². The first-order chi connectivity index (χ1) is 10.3. The summed E-state index contributed by atoms with van der Waals surface area (Å²) in [6, 6.07) is 3.01. The summed E-state index contributed by atoms with van der Waals surface area (Å²) in [6.45, 7) is 2.02. The van der Waals surface area contributed by atoms with Crippen molar-refractivity contribution in [2.24, 2.45) is 0 Å². The standard InChI is InChI=1S/C15H23N5S/c1-11-15(21-19-17-11)14(16-2)10-12-8-9-20(18-12)13-6-4-3-5-7-13/h8-9,13-14,16H,3-7,10H2,1-2H3. The van der Waals surface area contributed by atoms with Crippen LogP contribution in [-0.2, 0) is 6.42 Å². The molecule has 1 saturated carbocycles. The van der Waals surface area contributed by atoms with Crippen LogP contribution >= 0.6 is 11.5 Å². The van der Waals surface area contributed by atoms with Crippen LogP contribution in [0.25, 0.3) is 0 Å². The van der Waals surface area contributed by atoms with Crippen LogP contribution in [-0.4, -0.2) is 26.4 Å². The van der Waals surface area contributed by atoms with Gasteiger partial charge in [0.25, 0.3) is 0 Å². The van der Waals surface area contributed by atoms with E-state index in [1.165, 1.54) is 48.5 Å². The monoisotopic (exact) mass is 305 g/mol. The minimum Gasteiger partial charge on any atom is -0.312 e. The first-order valence-corrected chi connectivity index (χ1v) is 8.55. The van der Waals surface area contributed by atoms with Crippen molar-refractivity contribution in [3.63, 3.8) is 0 Å².